The Hall–Kier alpha value is -2.01. The molecule has 20 heavy (non-hydrogen) atoms. The minimum Gasteiger partial charge on any atom is -0.508 e. The molecule has 0 saturated carbocycles. The van der Waals surface area contributed by atoms with Gasteiger partial charge in [0.05, 0.1) is 11.7 Å². The van der Waals surface area contributed by atoms with E-state index in [1.807, 2.05) is 19.9 Å². The van der Waals surface area contributed by atoms with Crippen LogP contribution >= 0.6 is 0 Å². The van der Waals surface area contributed by atoms with Crippen LogP contribution in [0.15, 0.2) is 22.7 Å². The standard InChI is InChI=1S/C15H18N2O3/c1-8(15-9(2)17-20-10(15)3)16-13-7-19-14-6-11(18)4-5-12(13)14/h4-6,8,13,16,18H,7H2,1-3H3. The third kappa shape index (κ3) is 2.14. The normalized spacial score (nSPS) is 18.6. The van der Waals surface area contributed by atoms with Gasteiger partial charge in [-0.1, -0.05) is 5.16 Å². The van der Waals surface area contributed by atoms with Crippen molar-refractivity contribution in [2.45, 2.75) is 32.9 Å². The lowest BCUT2D eigenvalue weighted by Gasteiger charge is -2.18. The second-order valence-corrected chi connectivity index (χ2v) is 5.21. The summed E-state index contributed by atoms with van der Waals surface area (Å²) < 4.78 is 10.8. The first kappa shape index (κ1) is 13.0. The van der Waals surface area contributed by atoms with Crippen LogP contribution in [0.1, 0.15) is 41.6 Å². The maximum Gasteiger partial charge on any atom is 0.138 e. The predicted molar refractivity (Wildman–Crippen MR) is 73.9 cm³/mol. The van der Waals surface area contributed by atoms with E-state index in [1.165, 1.54) is 0 Å². The van der Waals surface area contributed by atoms with Gasteiger partial charge < -0.3 is 19.7 Å². The van der Waals surface area contributed by atoms with Crippen molar-refractivity contribution in [1.29, 1.82) is 0 Å². The lowest BCUT2D eigenvalue weighted by Crippen LogP contribution is -2.26. The molecule has 1 aromatic heterocycles. The third-order valence-electron chi connectivity index (χ3n) is 3.75. The second-order valence-electron chi connectivity index (χ2n) is 5.21. The molecule has 2 atom stereocenters. The van der Waals surface area contributed by atoms with Crippen LogP contribution in [0.25, 0.3) is 0 Å². The number of aromatic hydroxyl groups is 1. The van der Waals surface area contributed by atoms with Gasteiger partial charge in [-0.05, 0) is 32.9 Å². The molecule has 0 radical (unpaired) electrons. The minimum absolute atomic E-state index is 0.106. The van der Waals surface area contributed by atoms with Crippen molar-refractivity contribution in [3.8, 4) is 11.5 Å². The highest BCUT2D eigenvalue weighted by molar-refractivity contribution is 5.44. The molecule has 1 aliphatic heterocycles. The highest BCUT2D eigenvalue weighted by Gasteiger charge is 2.27. The molecule has 1 aliphatic rings. The number of benzene rings is 1. The Morgan fingerprint density at radius 1 is 1.40 bits per heavy atom. The molecule has 2 N–H and O–H groups in total. The number of ether oxygens (including phenoxy) is 1. The maximum absolute atomic E-state index is 9.47. The number of rotatable bonds is 3. The van der Waals surface area contributed by atoms with Crippen molar-refractivity contribution in [2.24, 2.45) is 0 Å². The first-order valence-corrected chi connectivity index (χ1v) is 6.71. The largest absolute Gasteiger partial charge is 0.508 e. The van der Waals surface area contributed by atoms with Crippen LogP contribution in [0.4, 0.5) is 0 Å². The molecule has 5 nitrogen and oxygen atoms in total. The Kier molecular flexibility index (Phi) is 3.14. The number of phenols is 1. The first-order chi connectivity index (χ1) is 9.56. The third-order valence-corrected chi connectivity index (χ3v) is 3.75. The Balaban J connectivity index is 1.81. The summed E-state index contributed by atoms with van der Waals surface area (Å²) in [6.07, 6.45) is 0. The zero-order valence-electron chi connectivity index (χ0n) is 11.8. The summed E-state index contributed by atoms with van der Waals surface area (Å²) in [5, 5.41) is 17.0. The first-order valence-electron chi connectivity index (χ1n) is 6.71. The van der Waals surface area contributed by atoms with E-state index in [-0.39, 0.29) is 17.8 Å². The van der Waals surface area contributed by atoms with Gasteiger partial charge in [-0.15, -0.1) is 0 Å². The van der Waals surface area contributed by atoms with Gasteiger partial charge in [-0.25, -0.2) is 0 Å². The zero-order valence-corrected chi connectivity index (χ0v) is 11.8. The van der Waals surface area contributed by atoms with Crippen molar-refractivity contribution in [3.63, 3.8) is 0 Å². The SMILES string of the molecule is Cc1noc(C)c1C(C)NC1COc2cc(O)ccc21. The molecule has 0 amide bonds. The smallest absolute Gasteiger partial charge is 0.138 e. The maximum atomic E-state index is 9.47. The second kappa shape index (κ2) is 4.83. The van der Waals surface area contributed by atoms with Crippen LogP contribution in [-0.2, 0) is 0 Å². The Labute approximate surface area is 117 Å². The van der Waals surface area contributed by atoms with Crippen molar-refractivity contribution >= 4 is 0 Å². The fourth-order valence-electron chi connectivity index (χ4n) is 2.83. The number of aryl methyl sites for hydroxylation is 2. The highest BCUT2D eigenvalue weighted by atomic mass is 16.5. The molecule has 0 aliphatic carbocycles. The monoisotopic (exact) mass is 274 g/mol. The lowest BCUT2D eigenvalue weighted by atomic mass is 10.0. The van der Waals surface area contributed by atoms with Gasteiger partial charge in [0.2, 0.25) is 0 Å². The molecule has 0 saturated heterocycles. The molecule has 2 aromatic rings. The topological polar surface area (TPSA) is 67.5 Å². The fraction of sp³-hybridized carbons (Fsp3) is 0.400. The number of nitrogens with zero attached hydrogens (tertiary/aromatic N) is 1. The van der Waals surface area contributed by atoms with E-state index in [2.05, 4.69) is 17.4 Å². The van der Waals surface area contributed by atoms with E-state index in [0.29, 0.717) is 6.61 Å². The van der Waals surface area contributed by atoms with Crippen LogP contribution in [0.5, 0.6) is 11.5 Å². The van der Waals surface area contributed by atoms with Crippen molar-refractivity contribution in [2.75, 3.05) is 6.61 Å². The van der Waals surface area contributed by atoms with Gasteiger partial charge in [-0.3, -0.25) is 0 Å². The molecule has 0 fully saturated rings. The Morgan fingerprint density at radius 3 is 2.90 bits per heavy atom. The van der Waals surface area contributed by atoms with E-state index >= 15 is 0 Å². The van der Waals surface area contributed by atoms with Crippen LogP contribution in [0.2, 0.25) is 0 Å². The van der Waals surface area contributed by atoms with E-state index < -0.39 is 0 Å². The van der Waals surface area contributed by atoms with Gasteiger partial charge in [-0.2, -0.15) is 0 Å². The van der Waals surface area contributed by atoms with Crippen molar-refractivity contribution in [3.05, 3.63) is 40.8 Å². The van der Waals surface area contributed by atoms with E-state index in [0.717, 1.165) is 28.3 Å². The lowest BCUT2D eigenvalue weighted by molar-refractivity contribution is 0.299. The summed E-state index contributed by atoms with van der Waals surface area (Å²) in [4.78, 5) is 0. The molecule has 0 bridgehead atoms. The quantitative estimate of drug-likeness (QED) is 0.900. The minimum atomic E-state index is 0.106. The van der Waals surface area contributed by atoms with Crippen LogP contribution < -0.4 is 10.1 Å². The van der Waals surface area contributed by atoms with Gasteiger partial charge in [0.15, 0.2) is 0 Å². The Morgan fingerprint density at radius 2 is 2.20 bits per heavy atom. The van der Waals surface area contributed by atoms with E-state index in [4.69, 9.17) is 9.26 Å². The molecule has 1 aromatic carbocycles. The summed E-state index contributed by atoms with van der Waals surface area (Å²) in [6.45, 7) is 6.52. The molecule has 106 valence electrons. The number of fused-ring (bicyclic) bond motifs is 1. The van der Waals surface area contributed by atoms with Crippen molar-refractivity contribution < 1.29 is 14.4 Å². The fourth-order valence-corrected chi connectivity index (χ4v) is 2.83. The summed E-state index contributed by atoms with van der Waals surface area (Å²) >= 11 is 0. The zero-order chi connectivity index (χ0) is 14.3. The summed E-state index contributed by atoms with van der Waals surface area (Å²) in [7, 11) is 0. The van der Waals surface area contributed by atoms with Crippen LogP contribution in [-0.4, -0.2) is 16.9 Å². The number of hydrogen-bond acceptors (Lipinski definition) is 5. The summed E-state index contributed by atoms with van der Waals surface area (Å²) in [5.41, 5.74) is 3.07. The molecule has 0 spiro atoms. The molecular formula is C15H18N2O3. The molecular weight excluding hydrogens is 256 g/mol. The average Bonchev–Trinajstić information content (AvgIpc) is 2.93. The molecule has 2 unspecified atom stereocenters. The molecule has 2 heterocycles. The van der Waals surface area contributed by atoms with Gasteiger partial charge in [0.1, 0.15) is 23.9 Å². The number of hydrogen-bond donors (Lipinski definition) is 2. The van der Waals surface area contributed by atoms with Gasteiger partial charge >= 0.3 is 0 Å². The number of aromatic nitrogens is 1. The van der Waals surface area contributed by atoms with Crippen molar-refractivity contribution in [1.82, 2.24) is 10.5 Å². The highest BCUT2D eigenvalue weighted by Crippen LogP contribution is 2.36. The van der Waals surface area contributed by atoms with E-state index in [9.17, 15) is 5.11 Å². The Bertz CT molecular complexity index is 617. The van der Waals surface area contributed by atoms with Gasteiger partial charge in [0.25, 0.3) is 0 Å². The van der Waals surface area contributed by atoms with Crippen LogP contribution in [0, 0.1) is 13.8 Å². The van der Waals surface area contributed by atoms with Gasteiger partial charge in [0, 0.05) is 23.2 Å². The van der Waals surface area contributed by atoms with Crippen LogP contribution in [0.3, 0.4) is 0 Å². The number of nitrogens with one attached hydrogen (secondary N) is 1. The molecule has 5 heteroatoms. The van der Waals surface area contributed by atoms with E-state index in [1.54, 1.807) is 12.1 Å². The molecule has 3 rings (SSSR count). The summed E-state index contributed by atoms with van der Waals surface area (Å²) in [5.74, 6) is 1.81. The predicted octanol–water partition coefficient (Wildman–Crippen LogP) is 2.78. The average molecular weight is 274 g/mol. The number of phenolic OH excluding ortho intramolecular Hbond substituents is 1. The summed E-state index contributed by atoms with van der Waals surface area (Å²) in [6, 6.07) is 5.46.